The fraction of sp³-hybridized carbons (Fsp3) is 0.278. The van der Waals surface area contributed by atoms with Gasteiger partial charge in [-0.1, -0.05) is 24.3 Å². The number of nitrogens with zero attached hydrogens (tertiary/aromatic N) is 1. The van der Waals surface area contributed by atoms with Crippen LogP contribution in [0.4, 0.5) is 27.6 Å². The quantitative estimate of drug-likeness (QED) is 0.779. The first kappa shape index (κ1) is 17.7. The van der Waals surface area contributed by atoms with Gasteiger partial charge in [-0.15, -0.1) is 0 Å². The second kappa shape index (κ2) is 5.41. The molecule has 2 aromatic carbocycles. The number of hydrogen-bond donors (Lipinski definition) is 2. The molecule has 9 heteroatoms. The smallest absolute Gasteiger partial charge is 0.418 e. The number of para-hydroxylation sites is 1. The Morgan fingerprint density at radius 1 is 1.04 bits per heavy atom. The molecule has 2 aliphatic heterocycles. The van der Waals surface area contributed by atoms with E-state index >= 15 is 0 Å². The maximum Gasteiger partial charge on any atom is 0.418 e. The lowest BCUT2D eigenvalue weighted by atomic mass is 9.79. The minimum absolute atomic E-state index is 0.0384. The van der Waals surface area contributed by atoms with E-state index in [-0.39, 0.29) is 16.9 Å². The SMILES string of the molecule is O=C1Nc2c(C(F)(F)F)cccc2C1(c1ccc(O)cc1)N1CC(F)(F)C1. The molecule has 2 N–H and O–H groups in total. The summed E-state index contributed by atoms with van der Waals surface area (Å²) in [5.41, 5.74) is -3.14. The number of alkyl halides is 5. The number of hydrogen-bond acceptors (Lipinski definition) is 3. The van der Waals surface area contributed by atoms with Crippen LogP contribution in [0.1, 0.15) is 16.7 Å². The fourth-order valence-electron chi connectivity index (χ4n) is 3.79. The molecule has 0 saturated carbocycles. The predicted octanol–water partition coefficient (Wildman–Crippen LogP) is 3.56. The highest BCUT2D eigenvalue weighted by Crippen LogP contribution is 2.52. The second-order valence-corrected chi connectivity index (χ2v) is 6.65. The number of aromatic hydroxyl groups is 1. The topological polar surface area (TPSA) is 52.6 Å². The van der Waals surface area contributed by atoms with Crippen molar-refractivity contribution in [3.63, 3.8) is 0 Å². The minimum Gasteiger partial charge on any atom is -0.508 e. The van der Waals surface area contributed by atoms with Crippen LogP contribution in [0.2, 0.25) is 0 Å². The number of halogens is 5. The molecule has 1 atom stereocenters. The molecule has 2 aromatic rings. The number of benzene rings is 2. The van der Waals surface area contributed by atoms with Gasteiger partial charge < -0.3 is 10.4 Å². The maximum atomic E-state index is 13.6. The summed E-state index contributed by atoms with van der Waals surface area (Å²) in [6.45, 7) is -1.53. The van der Waals surface area contributed by atoms with E-state index in [4.69, 9.17) is 0 Å². The Hall–Kier alpha value is -2.68. The summed E-state index contributed by atoms with van der Waals surface area (Å²) >= 11 is 0. The molecule has 2 aliphatic rings. The Morgan fingerprint density at radius 3 is 2.22 bits per heavy atom. The van der Waals surface area contributed by atoms with E-state index in [0.29, 0.717) is 0 Å². The third kappa shape index (κ3) is 2.48. The summed E-state index contributed by atoms with van der Waals surface area (Å²) in [5, 5.41) is 11.8. The molecule has 1 unspecified atom stereocenters. The number of likely N-dealkylation sites (tertiary alicyclic amines) is 1. The van der Waals surface area contributed by atoms with Crippen molar-refractivity contribution in [3.05, 3.63) is 59.2 Å². The van der Waals surface area contributed by atoms with Gasteiger partial charge in [0.2, 0.25) is 0 Å². The zero-order chi connectivity index (χ0) is 19.6. The van der Waals surface area contributed by atoms with Gasteiger partial charge in [0.25, 0.3) is 11.8 Å². The van der Waals surface area contributed by atoms with Crippen LogP contribution < -0.4 is 5.32 Å². The first-order chi connectivity index (χ1) is 12.6. The first-order valence-corrected chi connectivity index (χ1v) is 8.00. The van der Waals surface area contributed by atoms with Gasteiger partial charge in [0.1, 0.15) is 5.75 Å². The number of phenolic OH excluding ortho intramolecular Hbond substituents is 1. The lowest BCUT2D eigenvalue weighted by molar-refractivity contribution is -0.169. The molecule has 142 valence electrons. The predicted molar refractivity (Wildman–Crippen MR) is 85.5 cm³/mol. The summed E-state index contributed by atoms with van der Waals surface area (Å²) < 4.78 is 67.3. The summed E-state index contributed by atoms with van der Waals surface area (Å²) in [4.78, 5) is 14.1. The molecular formula is C18H13F5N2O2. The summed E-state index contributed by atoms with van der Waals surface area (Å²) in [6, 6.07) is 8.51. The van der Waals surface area contributed by atoms with Gasteiger partial charge in [0.15, 0.2) is 5.54 Å². The number of nitrogens with one attached hydrogen (secondary N) is 1. The van der Waals surface area contributed by atoms with Gasteiger partial charge in [-0.25, -0.2) is 8.78 Å². The first-order valence-electron chi connectivity index (χ1n) is 8.00. The lowest BCUT2D eigenvalue weighted by Crippen LogP contribution is -2.66. The van der Waals surface area contributed by atoms with Crippen LogP contribution in [0.5, 0.6) is 5.75 Å². The highest BCUT2D eigenvalue weighted by molar-refractivity contribution is 6.09. The van der Waals surface area contributed by atoms with Crippen molar-refractivity contribution < 1.29 is 31.9 Å². The van der Waals surface area contributed by atoms with Crippen LogP contribution in [0.3, 0.4) is 0 Å². The van der Waals surface area contributed by atoms with Crippen LogP contribution in [0.25, 0.3) is 0 Å². The van der Waals surface area contributed by atoms with Crippen molar-refractivity contribution in [1.29, 1.82) is 0 Å². The number of phenols is 1. The van der Waals surface area contributed by atoms with E-state index in [1.165, 1.54) is 30.3 Å². The summed E-state index contributed by atoms with van der Waals surface area (Å²) in [7, 11) is 0. The van der Waals surface area contributed by atoms with Gasteiger partial charge in [-0.05, 0) is 23.8 Å². The van der Waals surface area contributed by atoms with Crippen LogP contribution in [-0.2, 0) is 16.5 Å². The largest absolute Gasteiger partial charge is 0.508 e. The monoisotopic (exact) mass is 384 g/mol. The molecule has 4 nitrogen and oxygen atoms in total. The fourth-order valence-corrected chi connectivity index (χ4v) is 3.79. The zero-order valence-corrected chi connectivity index (χ0v) is 13.6. The molecule has 0 aromatic heterocycles. The normalized spacial score (nSPS) is 24.3. The molecular weight excluding hydrogens is 371 g/mol. The number of rotatable bonds is 2. The third-order valence-electron chi connectivity index (χ3n) is 4.93. The maximum absolute atomic E-state index is 13.6. The number of carbonyl (C=O) groups excluding carboxylic acids is 1. The van der Waals surface area contributed by atoms with E-state index in [1.807, 2.05) is 0 Å². The van der Waals surface area contributed by atoms with Gasteiger partial charge in [0.05, 0.1) is 24.3 Å². The van der Waals surface area contributed by atoms with Crippen molar-refractivity contribution in [2.45, 2.75) is 17.6 Å². The molecule has 0 aliphatic carbocycles. The van der Waals surface area contributed by atoms with Crippen LogP contribution in [0, 0.1) is 0 Å². The molecule has 4 rings (SSSR count). The molecule has 0 radical (unpaired) electrons. The molecule has 27 heavy (non-hydrogen) atoms. The van der Waals surface area contributed by atoms with Crippen molar-refractivity contribution in [1.82, 2.24) is 4.90 Å². The van der Waals surface area contributed by atoms with E-state index in [9.17, 15) is 31.9 Å². The molecule has 0 bridgehead atoms. The van der Waals surface area contributed by atoms with Crippen LogP contribution in [0.15, 0.2) is 42.5 Å². The number of amides is 1. The zero-order valence-electron chi connectivity index (χ0n) is 13.6. The van der Waals surface area contributed by atoms with E-state index in [2.05, 4.69) is 5.32 Å². The third-order valence-corrected chi connectivity index (χ3v) is 4.93. The van der Waals surface area contributed by atoms with Gasteiger partial charge >= 0.3 is 6.18 Å². The summed E-state index contributed by atoms with van der Waals surface area (Å²) in [5.74, 6) is -3.99. The summed E-state index contributed by atoms with van der Waals surface area (Å²) in [6.07, 6.45) is -4.72. The Morgan fingerprint density at radius 2 is 1.67 bits per heavy atom. The van der Waals surface area contributed by atoms with Gasteiger partial charge in [0, 0.05) is 5.56 Å². The van der Waals surface area contributed by atoms with E-state index < -0.39 is 47.9 Å². The molecule has 1 amide bonds. The van der Waals surface area contributed by atoms with E-state index in [0.717, 1.165) is 17.0 Å². The van der Waals surface area contributed by atoms with Crippen molar-refractivity contribution in [3.8, 4) is 5.75 Å². The second-order valence-electron chi connectivity index (χ2n) is 6.65. The average molecular weight is 384 g/mol. The van der Waals surface area contributed by atoms with Crippen molar-refractivity contribution in [2.24, 2.45) is 0 Å². The number of fused-ring (bicyclic) bond motifs is 1. The minimum atomic E-state index is -4.72. The van der Waals surface area contributed by atoms with Crippen molar-refractivity contribution in [2.75, 3.05) is 18.4 Å². The van der Waals surface area contributed by atoms with Crippen molar-refractivity contribution >= 4 is 11.6 Å². The molecule has 2 heterocycles. The Kier molecular flexibility index (Phi) is 3.55. The molecule has 0 spiro atoms. The average Bonchev–Trinajstić information content (AvgIpc) is 2.85. The Labute approximate surface area is 150 Å². The van der Waals surface area contributed by atoms with Gasteiger partial charge in [-0.2, -0.15) is 13.2 Å². The lowest BCUT2D eigenvalue weighted by Gasteiger charge is -2.49. The number of anilines is 1. The Balaban J connectivity index is 1.96. The number of carbonyl (C=O) groups is 1. The Bertz CT molecular complexity index is 918. The van der Waals surface area contributed by atoms with Gasteiger partial charge in [-0.3, -0.25) is 9.69 Å². The molecule has 1 fully saturated rings. The van der Waals surface area contributed by atoms with Crippen LogP contribution >= 0.6 is 0 Å². The highest BCUT2D eigenvalue weighted by Gasteiger charge is 2.61. The van der Waals surface area contributed by atoms with E-state index in [1.54, 1.807) is 0 Å². The van der Waals surface area contributed by atoms with Crippen LogP contribution in [-0.4, -0.2) is 34.9 Å². The highest BCUT2D eigenvalue weighted by atomic mass is 19.4. The standard InChI is InChI=1S/C18H13F5N2O2/c19-16(20)8-25(9-16)17(10-4-6-11(26)7-5-10)12-2-1-3-13(18(21,22)23)14(12)24-15(17)27/h1-7,26H,8-9H2,(H,24,27). The molecule has 1 saturated heterocycles.